The Morgan fingerprint density at radius 3 is 2.69 bits per heavy atom. The van der Waals surface area contributed by atoms with Crippen molar-refractivity contribution in [3.8, 4) is 11.5 Å². The van der Waals surface area contributed by atoms with Crippen LogP contribution in [-0.2, 0) is 4.79 Å². The van der Waals surface area contributed by atoms with Gasteiger partial charge in [-0.1, -0.05) is 6.92 Å². The molecule has 1 aromatic carbocycles. The van der Waals surface area contributed by atoms with Crippen molar-refractivity contribution in [3.63, 3.8) is 0 Å². The van der Waals surface area contributed by atoms with Gasteiger partial charge in [-0.15, -0.1) is 12.4 Å². The maximum absolute atomic E-state index is 11.2. The number of amides is 1. The smallest absolute Gasteiger partial charge is 0.231 e. The number of hydrogen-bond donors (Lipinski definition) is 2. The molecule has 0 aromatic heterocycles. The summed E-state index contributed by atoms with van der Waals surface area (Å²) in [5.41, 5.74) is 6.78. The standard InChI is InChI=1S/C10H12N2O3.ClH/c1-2-10(13)12-7-4-9-8(3-6(7)11)14-5-15-9;/h3-4H,2,5,11H2,1H3,(H,12,13);1H. The first-order valence-electron chi connectivity index (χ1n) is 4.69. The molecular formula is C10H13ClN2O3. The number of carbonyl (C=O) groups excluding carboxylic acids is 1. The summed E-state index contributed by atoms with van der Waals surface area (Å²) in [4.78, 5) is 11.2. The van der Waals surface area contributed by atoms with Gasteiger partial charge in [0, 0.05) is 18.6 Å². The van der Waals surface area contributed by atoms with Gasteiger partial charge in [0.1, 0.15) is 0 Å². The van der Waals surface area contributed by atoms with Crippen LogP contribution in [0.2, 0.25) is 0 Å². The van der Waals surface area contributed by atoms with Crippen LogP contribution in [0.3, 0.4) is 0 Å². The average molecular weight is 245 g/mol. The van der Waals surface area contributed by atoms with Crippen LogP contribution in [0.4, 0.5) is 11.4 Å². The van der Waals surface area contributed by atoms with Crippen LogP contribution in [0.15, 0.2) is 12.1 Å². The lowest BCUT2D eigenvalue weighted by Crippen LogP contribution is -2.11. The summed E-state index contributed by atoms with van der Waals surface area (Å²) in [6.45, 7) is 1.97. The van der Waals surface area contributed by atoms with Crippen molar-refractivity contribution < 1.29 is 14.3 Å². The third kappa shape index (κ3) is 2.30. The van der Waals surface area contributed by atoms with E-state index in [1.54, 1.807) is 19.1 Å². The zero-order valence-electron chi connectivity index (χ0n) is 8.78. The third-order valence-corrected chi connectivity index (χ3v) is 2.14. The van der Waals surface area contributed by atoms with E-state index in [9.17, 15) is 4.79 Å². The first-order chi connectivity index (χ1) is 7.20. The summed E-state index contributed by atoms with van der Waals surface area (Å²) < 4.78 is 10.3. The Morgan fingerprint density at radius 1 is 1.44 bits per heavy atom. The number of fused-ring (bicyclic) bond motifs is 1. The van der Waals surface area contributed by atoms with Crippen molar-refractivity contribution >= 4 is 29.7 Å². The predicted molar refractivity (Wildman–Crippen MR) is 63.1 cm³/mol. The number of halogens is 1. The topological polar surface area (TPSA) is 73.6 Å². The van der Waals surface area contributed by atoms with E-state index < -0.39 is 0 Å². The molecule has 0 spiro atoms. The summed E-state index contributed by atoms with van der Waals surface area (Å²) >= 11 is 0. The van der Waals surface area contributed by atoms with Crippen LogP contribution in [-0.4, -0.2) is 12.7 Å². The zero-order valence-corrected chi connectivity index (χ0v) is 9.60. The van der Waals surface area contributed by atoms with Gasteiger partial charge in [-0.2, -0.15) is 0 Å². The molecule has 5 nitrogen and oxygen atoms in total. The van der Waals surface area contributed by atoms with Crippen molar-refractivity contribution in [2.45, 2.75) is 13.3 Å². The van der Waals surface area contributed by atoms with E-state index in [-0.39, 0.29) is 25.1 Å². The van der Waals surface area contributed by atoms with Crippen LogP contribution in [0.25, 0.3) is 0 Å². The molecule has 1 aliphatic heterocycles. The Bertz CT molecular complexity index is 409. The Kier molecular flexibility index (Phi) is 3.84. The van der Waals surface area contributed by atoms with Crippen molar-refractivity contribution in [1.29, 1.82) is 0 Å². The molecule has 1 amide bonds. The number of ether oxygens (including phenoxy) is 2. The lowest BCUT2D eigenvalue weighted by molar-refractivity contribution is -0.115. The van der Waals surface area contributed by atoms with Crippen molar-refractivity contribution in [1.82, 2.24) is 0 Å². The number of hydrogen-bond acceptors (Lipinski definition) is 4. The zero-order chi connectivity index (χ0) is 10.8. The Hall–Kier alpha value is -1.62. The molecule has 1 aliphatic rings. The van der Waals surface area contributed by atoms with Gasteiger partial charge in [-0.05, 0) is 0 Å². The highest BCUT2D eigenvalue weighted by Gasteiger charge is 2.16. The van der Waals surface area contributed by atoms with Crippen LogP contribution in [0, 0.1) is 0 Å². The molecule has 0 radical (unpaired) electrons. The second kappa shape index (κ2) is 4.94. The number of nitrogens with two attached hydrogens (primary N) is 1. The monoisotopic (exact) mass is 244 g/mol. The number of nitrogens with one attached hydrogen (secondary N) is 1. The van der Waals surface area contributed by atoms with E-state index in [0.717, 1.165) is 0 Å². The van der Waals surface area contributed by atoms with Crippen LogP contribution in [0.1, 0.15) is 13.3 Å². The molecule has 16 heavy (non-hydrogen) atoms. The molecule has 0 bridgehead atoms. The highest BCUT2D eigenvalue weighted by Crippen LogP contribution is 2.38. The van der Waals surface area contributed by atoms with Gasteiger partial charge in [0.05, 0.1) is 11.4 Å². The Balaban J connectivity index is 0.00000128. The predicted octanol–water partition coefficient (Wildman–Crippen LogP) is 1.77. The van der Waals surface area contributed by atoms with Gasteiger partial charge in [0.25, 0.3) is 0 Å². The normalized spacial score (nSPS) is 11.8. The average Bonchev–Trinajstić information content (AvgIpc) is 2.65. The minimum Gasteiger partial charge on any atom is -0.454 e. The minimum atomic E-state index is -0.0828. The van der Waals surface area contributed by atoms with E-state index in [1.807, 2.05) is 0 Å². The number of carbonyl (C=O) groups is 1. The molecule has 0 saturated carbocycles. The second-order valence-electron chi connectivity index (χ2n) is 3.19. The van der Waals surface area contributed by atoms with E-state index in [1.165, 1.54) is 0 Å². The summed E-state index contributed by atoms with van der Waals surface area (Å²) in [5.74, 6) is 1.14. The SMILES string of the molecule is CCC(=O)Nc1cc2c(cc1N)OCO2.Cl. The van der Waals surface area contributed by atoms with E-state index in [4.69, 9.17) is 15.2 Å². The number of nitrogen functional groups attached to an aromatic ring is 1. The molecule has 0 saturated heterocycles. The van der Waals surface area contributed by atoms with Crippen LogP contribution >= 0.6 is 12.4 Å². The van der Waals surface area contributed by atoms with Gasteiger partial charge >= 0.3 is 0 Å². The maximum atomic E-state index is 11.2. The Labute approximate surface area is 99.3 Å². The number of benzene rings is 1. The van der Waals surface area contributed by atoms with Gasteiger partial charge in [0.15, 0.2) is 11.5 Å². The van der Waals surface area contributed by atoms with Gasteiger partial charge < -0.3 is 20.5 Å². The fourth-order valence-electron chi connectivity index (χ4n) is 1.30. The Morgan fingerprint density at radius 2 is 2.06 bits per heavy atom. The number of rotatable bonds is 2. The fourth-order valence-corrected chi connectivity index (χ4v) is 1.30. The molecule has 0 fully saturated rings. The van der Waals surface area contributed by atoms with E-state index in [2.05, 4.69) is 5.32 Å². The van der Waals surface area contributed by atoms with Crippen LogP contribution < -0.4 is 20.5 Å². The number of anilines is 2. The minimum absolute atomic E-state index is 0. The third-order valence-electron chi connectivity index (χ3n) is 2.14. The fraction of sp³-hybridized carbons (Fsp3) is 0.300. The molecule has 0 unspecified atom stereocenters. The van der Waals surface area contributed by atoms with Crippen molar-refractivity contribution in [2.75, 3.05) is 17.8 Å². The highest BCUT2D eigenvalue weighted by atomic mass is 35.5. The molecular weight excluding hydrogens is 232 g/mol. The molecule has 0 aliphatic carbocycles. The highest BCUT2D eigenvalue weighted by molar-refractivity contribution is 5.94. The quantitative estimate of drug-likeness (QED) is 0.778. The first kappa shape index (κ1) is 12.4. The van der Waals surface area contributed by atoms with Gasteiger partial charge in [-0.3, -0.25) is 4.79 Å². The lowest BCUT2D eigenvalue weighted by Gasteiger charge is -2.08. The molecule has 1 aromatic rings. The molecule has 3 N–H and O–H groups in total. The molecule has 2 rings (SSSR count). The maximum Gasteiger partial charge on any atom is 0.231 e. The summed E-state index contributed by atoms with van der Waals surface area (Å²) in [6.07, 6.45) is 0.411. The second-order valence-corrected chi connectivity index (χ2v) is 3.19. The largest absolute Gasteiger partial charge is 0.454 e. The molecule has 1 heterocycles. The molecule has 0 atom stereocenters. The van der Waals surface area contributed by atoms with E-state index in [0.29, 0.717) is 29.3 Å². The summed E-state index contributed by atoms with van der Waals surface area (Å²) in [6, 6.07) is 3.32. The lowest BCUT2D eigenvalue weighted by atomic mass is 10.2. The van der Waals surface area contributed by atoms with E-state index >= 15 is 0 Å². The van der Waals surface area contributed by atoms with Crippen LogP contribution in [0.5, 0.6) is 11.5 Å². The van der Waals surface area contributed by atoms with Gasteiger partial charge in [0.2, 0.25) is 12.7 Å². The summed E-state index contributed by atoms with van der Waals surface area (Å²) in [7, 11) is 0. The molecule has 88 valence electrons. The van der Waals surface area contributed by atoms with Crippen molar-refractivity contribution in [3.05, 3.63) is 12.1 Å². The summed E-state index contributed by atoms with van der Waals surface area (Å²) in [5, 5.41) is 2.69. The van der Waals surface area contributed by atoms with Crippen molar-refractivity contribution in [2.24, 2.45) is 0 Å². The molecule has 6 heteroatoms. The van der Waals surface area contributed by atoms with Gasteiger partial charge in [-0.25, -0.2) is 0 Å². The first-order valence-corrected chi connectivity index (χ1v) is 4.69.